The van der Waals surface area contributed by atoms with Crippen LogP contribution < -0.4 is 4.84 Å². The molecular weight excluding hydrogens is 258 g/mol. The van der Waals surface area contributed by atoms with Crippen LogP contribution in [0, 0.1) is 0 Å². The highest BCUT2D eigenvalue weighted by Gasteiger charge is 2.24. The third kappa shape index (κ3) is 3.60. The molecule has 20 heavy (non-hydrogen) atoms. The Kier molecular flexibility index (Phi) is 5.76. The van der Waals surface area contributed by atoms with Crippen molar-refractivity contribution >= 4 is 5.78 Å². The molecule has 0 saturated carbocycles. The summed E-state index contributed by atoms with van der Waals surface area (Å²) >= 11 is 0. The van der Waals surface area contributed by atoms with E-state index in [1.807, 2.05) is 27.9 Å². The Hall–Kier alpha value is -1.82. The molecule has 0 amide bonds. The van der Waals surface area contributed by atoms with Crippen LogP contribution in [-0.4, -0.2) is 48.7 Å². The zero-order valence-corrected chi connectivity index (χ0v) is 13.0. The highest BCUT2D eigenvalue weighted by atomic mass is 16.6. The number of methoxy groups -OCH3 is 1. The summed E-state index contributed by atoms with van der Waals surface area (Å²) in [5, 5.41) is 0. The van der Waals surface area contributed by atoms with Crippen molar-refractivity contribution in [1.82, 2.24) is 14.6 Å². The standard InChI is InChI=1S/C14H23N3O3/c1-10(2)13-14(11(18)7-8-16(3)4)17(20-6)12(15-13)9-19-5/h7-8,10H,9H2,1-6H3. The SMILES string of the molecule is COCc1nc(C(C)C)c(C(=O)C=CN(C)C)n1OC. The number of imidazole rings is 1. The van der Waals surface area contributed by atoms with E-state index in [4.69, 9.17) is 9.57 Å². The molecule has 0 fully saturated rings. The second kappa shape index (κ2) is 7.09. The third-order valence-corrected chi connectivity index (χ3v) is 2.69. The Balaban J connectivity index is 3.30. The van der Waals surface area contributed by atoms with E-state index in [0.29, 0.717) is 17.2 Å². The van der Waals surface area contributed by atoms with Gasteiger partial charge in [-0.3, -0.25) is 4.79 Å². The minimum atomic E-state index is -0.140. The molecule has 0 unspecified atom stereocenters. The second-order valence-corrected chi connectivity index (χ2v) is 4.97. The van der Waals surface area contributed by atoms with Crippen LogP contribution in [0.2, 0.25) is 0 Å². The van der Waals surface area contributed by atoms with Gasteiger partial charge >= 0.3 is 0 Å². The van der Waals surface area contributed by atoms with Crippen molar-refractivity contribution in [2.45, 2.75) is 26.4 Å². The normalized spacial score (nSPS) is 11.3. The maximum absolute atomic E-state index is 12.4. The minimum absolute atomic E-state index is 0.119. The van der Waals surface area contributed by atoms with Gasteiger partial charge in [-0.2, -0.15) is 4.73 Å². The van der Waals surface area contributed by atoms with Crippen molar-refractivity contribution in [3.8, 4) is 0 Å². The summed E-state index contributed by atoms with van der Waals surface area (Å²) in [5.41, 5.74) is 1.17. The van der Waals surface area contributed by atoms with E-state index < -0.39 is 0 Å². The largest absolute Gasteiger partial charge is 0.415 e. The highest BCUT2D eigenvalue weighted by Crippen LogP contribution is 2.21. The van der Waals surface area contributed by atoms with Crippen molar-refractivity contribution in [3.05, 3.63) is 29.5 Å². The lowest BCUT2D eigenvalue weighted by atomic mass is 10.1. The number of nitrogens with zero attached hydrogens (tertiary/aromatic N) is 3. The van der Waals surface area contributed by atoms with Crippen LogP contribution in [0.15, 0.2) is 12.3 Å². The fourth-order valence-corrected chi connectivity index (χ4v) is 1.81. The molecule has 0 aliphatic rings. The second-order valence-electron chi connectivity index (χ2n) is 4.97. The van der Waals surface area contributed by atoms with Crippen LogP contribution in [0.1, 0.15) is 41.8 Å². The molecule has 1 aromatic rings. The van der Waals surface area contributed by atoms with E-state index >= 15 is 0 Å². The quantitative estimate of drug-likeness (QED) is 0.559. The number of aromatic nitrogens is 2. The van der Waals surface area contributed by atoms with E-state index in [1.165, 1.54) is 17.9 Å². The number of ketones is 1. The van der Waals surface area contributed by atoms with Crippen LogP contribution >= 0.6 is 0 Å². The van der Waals surface area contributed by atoms with Gasteiger partial charge in [0.05, 0.1) is 5.69 Å². The zero-order chi connectivity index (χ0) is 15.3. The molecule has 0 atom stereocenters. The summed E-state index contributed by atoms with van der Waals surface area (Å²) in [6, 6.07) is 0. The maximum Gasteiger partial charge on any atom is 0.209 e. The first-order valence-electron chi connectivity index (χ1n) is 6.46. The molecule has 6 heteroatoms. The fourth-order valence-electron chi connectivity index (χ4n) is 1.81. The van der Waals surface area contributed by atoms with Gasteiger partial charge in [0.25, 0.3) is 0 Å². The molecule has 0 N–H and O–H groups in total. The van der Waals surface area contributed by atoms with Crippen LogP contribution in [0.25, 0.3) is 0 Å². The molecule has 6 nitrogen and oxygen atoms in total. The Morgan fingerprint density at radius 2 is 2.05 bits per heavy atom. The van der Waals surface area contributed by atoms with Crippen molar-refractivity contribution in [3.63, 3.8) is 0 Å². The van der Waals surface area contributed by atoms with E-state index in [0.717, 1.165) is 0 Å². The molecule has 0 bridgehead atoms. The summed E-state index contributed by atoms with van der Waals surface area (Å²) in [6.07, 6.45) is 3.21. The molecule has 1 heterocycles. The van der Waals surface area contributed by atoms with Gasteiger partial charge in [-0.05, 0) is 5.92 Å². The molecule has 0 aromatic carbocycles. The number of ether oxygens (including phenoxy) is 1. The molecule has 1 rings (SSSR count). The lowest BCUT2D eigenvalue weighted by Gasteiger charge is -2.09. The van der Waals surface area contributed by atoms with Crippen molar-refractivity contribution < 1.29 is 14.4 Å². The Bertz CT molecular complexity index is 490. The predicted molar refractivity (Wildman–Crippen MR) is 76.7 cm³/mol. The van der Waals surface area contributed by atoms with Crippen LogP contribution in [0.5, 0.6) is 0 Å². The first kappa shape index (κ1) is 16.2. The first-order chi connectivity index (χ1) is 9.42. The van der Waals surface area contributed by atoms with Crippen molar-refractivity contribution in [2.75, 3.05) is 28.3 Å². The summed E-state index contributed by atoms with van der Waals surface area (Å²) in [4.78, 5) is 23.9. The topological polar surface area (TPSA) is 56.6 Å². The Morgan fingerprint density at radius 3 is 2.50 bits per heavy atom. The molecule has 112 valence electrons. The number of hydrogen-bond acceptors (Lipinski definition) is 5. The first-order valence-corrected chi connectivity index (χ1v) is 6.46. The summed E-state index contributed by atoms with van der Waals surface area (Å²) in [7, 11) is 6.81. The molecule has 0 radical (unpaired) electrons. The minimum Gasteiger partial charge on any atom is -0.415 e. The predicted octanol–water partition coefficient (Wildman–Crippen LogP) is 1.47. The number of rotatable bonds is 7. The highest BCUT2D eigenvalue weighted by molar-refractivity contribution is 6.04. The molecule has 0 saturated heterocycles. The average molecular weight is 281 g/mol. The third-order valence-electron chi connectivity index (χ3n) is 2.69. The van der Waals surface area contributed by atoms with Crippen molar-refractivity contribution in [2.24, 2.45) is 0 Å². The summed E-state index contributed by atoms with van der Waals surface area (Å²) < 4.78 is 6.54. The van der Waals surface area contributed by atoms with Gasteiger partial charge in [-0.25, -0.2) is 4.98 Å². The van der Waals surface area contributed by atoms with Gasteiger partial charge in [-0.1, -0.05) is 13.8 Å². The number of hydrogen-bond donors (Lipinski definition) is 0. The molecule has 0 aliphatic carbocycles. The molecule has 1 aromatic heterocycles. The van der Waals surface area contributed by atoms with Gasteiger partial charge in [0, 0.05) is 33.5 Å². The number of carbonyl (C=O) groups is 1. The van der Waals surface area contributed by atoms with E-state index in [1.54, 1.807) is 18.2 Å². The van der Waals surface area contributed by atoms with Gasteiger partial charge in [0.2, 0.25) is 5.78 Å². The summed E-state index contributed by atoms with van der Waals surface area (Å²) in [6.45, 7) is 4.27. The lowest BCUT2D eigenvalue weighted by Crippen LogP contribution is -2.18. The maximum atomic E-state index is 12.4. The van der Waals surface area contributed by atoms with E-state index in [9.17, 15) is 4.79 Å². The van der Waals surface area contributed by atoms with Gasteiger partial charge in [0.15, 0.2) is 11.5 Å². The van der Waals surface area contributed by atoms with Crippen molar-refractivity contribution in [1.29, 1.82) is 0 Å². The number of carbonyl (C=O) groups excluding carboxylic acids is 1. The molecule has 0 aliphatic heterocycles. The Labute approximate surface area is 119 Å². The van der Waals surface area contributed by atoms with Gasteiger partial charge in [-0.15, -0.1) is 0 Å². The number of allylic oxidation sites excluding steroid dienone is 1. The fraction of sp³-hybridized carbons (Fsp3) is 0.571. The Morgan fingerprint density at radius 1 is 1.40 bits per heavy atom. The van der Waals surface area contributed by atoms with Crippen LogP contribution in [-0.2, 0) is 11.3 Å². The smallest absolute Gasteiger partial charge is 0.209 e. The van der Waals surface area contributed by atoms with Gasteiger partial charge < -0.3 is 14.5 Å². The summed E-state index contributed by atoms with van der Waals surface area (Å²) in [5.74, 6) is 0.563. The average Bonchev–Trinajstić information content (AvgIpc) is 2.75. The van der Waals surface area contributed by atoms with E-state index in [-0.39, 0.29) is 18.3 Å². The van der Waals surface area contributed by atoms with Crippen LogP contribution in [0.3, 0.4) is 0 Å². The monoisotopic (exact) mass is 281 g/mol. The van der Waals surface area contributed by atoms with Crippen LogP contribution in [0.4, 0.5) is 0 Å². The van der Waals surface area contributed by atoms with E-state index in [2.05, 4.69) is 4.98 Å². The van der Waals surface area contributed by atoms with Gasteiger partial charge in [0.1, 0.15) is 13.7 Å². The lowest BCUT2D eigenvalue weighted by molar-refractivity contribution is 0.0928. The zero-order valence-electron chi connectivity index (χ0n) is 13.0. The molecular formula is C14H23N3O3. The molecule has 0 spiro atoms.